The molecule has 2 aromatic rings. The number of H-pyrrole nitrogens is 1. The molecule has 1 aliphatic rings. The fourth-order valence-electron chi connectivity index (χ4n) is 2.93. The molecule has 3 rings (SSSR count). The van der Waals surface area contributed by atoms with Crippen molar-refractivity contribution in [2.75, 3.05) is 14.1 Å². The molecule has 0 saturated heterocycles. The number of likely N-dealkylation sites (N-methyl/N-ethyl adjacent to an activating group) is 1. The number of aromatic nitrogens is 1. The number of aryl methyl sites for hydroxylation is 1. The van der Waals surface area contributed by atoms with Crippen molar-refractivity contribution in [2.24, 2.45) is 0 Å². The number of nitrogens with one attached hydrogen (secondary N) is 1. The van der Waals surface area contributed by atoms with Crippen LogP contribution in [0.25, 0.3) is 10.9 Å². The maximum atomic E-state index is 10.9. The van der Waals surface area contributed by atoms with Gasteiger partial charge in [0.1, 0.15) is 6.29 Å². The van der Waals surface area contributed by atoms with Gasteiger partial charge in [0.25, 0.3) is 0 Å². The highest BCUT2D eigenvalue weighted by Crippen LogP contribution is 2.30. The van der Waals surface area contributed by atoms with Crippen molar-refractivity contribution in [3.05, 3.63) is 35.0 Å². The third-order valence-corrected chi connectivity index (χ3v) is 4.05. The van der Waals surface area contributed by atoms with E-state index in [1.165, 1.54) is 23.1 Å². The first-order valence-corrected chi connectivity index (χ1v) is 6.44. The van der Waals surface area contributed by atoms with Gasteiger partial charge < -0.3 is 9.88 Å². The fourth-order valence-corrected chi connectivity index (χ4v) is 2.93. The Labute approximate surface area is 107 Å². The van der Waals surface area contributed by atoms with Crippen LogP contribution in [0.3, 0.4) is 0 Å². The second kappa shape index (κ2) is 4.25. The predicted octanol–water partition coefficient (Wildman–Crippen LogP) is 2.40. The number of hydrogen-bond acceptors (Lipinski definition) is 2. The third-order valence-electron chi connectivity index (χ3n) is 4.05. The number of benzene rings is 1. The number of aromatic amines is 1. The van der Waals surface area contributed by atoms with E-state index in [0.29, 0.717) is 6.04 Å². The topological polar surface area (TPSA) is 36.1 Å². The lowest BCUT2D eigenvalue weighted by Gasteiger charge is -2.28. The van der Waals surface area contributed by atoms with Crippen molar-refractivity contribution in [3.8, 4) is 0 Å². The molecule has 0 fully saturated rings. The maximum absolute atomic E-state index is 10.9. The molecule has 1 unspecified atom stereocenters. The summed E-state index contributed by atoms with van der Waals surface area (Å²) in [6, 6.07) is 6.51. The second-order valence-corrected chi connectivity index (χ2v) is 5.37. The molecular formula is C15H18N2O. The zero-order valence-corrected chi connectivity index (χ0v) is 10.9. The van der Waals surface area contributed by atoms with Gasteiger partial charge in [-0.05, 0) is 57.1 Å². The second-order valence-electron chi connectivity index (χ2n) is 5.37. The Hall–Kier alpha value is -1.61. The molecule has 1 N–H and O–H groups in total. The van der Waals surface area contributed by atoms with Gasteiger partial charge in [0.15, 0.2) is 0 Å². The lowest BCUT2D eigenvalue weighted by Crippen LogP contribution is -2.33. The first kappa shape index (κ1) is 11.5. The van der Waals surface area contributed by atoms with Gasteiger partial charge in [0, 0.05) is 28.2 Å². The largest absolute Gasteiger partial charge is 0.358 e. The maximum Gasteiger partial charge on any atom is 0.150 e. The van der Waals surface area contributed by atoms with E-state index in [0.717, 1.165) is 30.2 Å². The number of nitrogens with zero attached hydrogens (tertiary/aromatic N) is 1. The summed E-state index contributed by atoms with van der Waals surface area (Å²) in [6.45, 7) is 0. The van der Waals surface area contributed by atoms with Crippen LogP contribution in [-0.2, 0) is 12.8 Å². The van der Waals surface area contributed by atoms with Crippen LogP contribution in [0.5, 0.6) is 0 Å². The van der Waals surface area contributed by atoms with Crippen molar-refractivity contribution in [1.82, 2.24) is 9.88 Å². The van der Waals surface area contributed by atoms with Crippen LogP contribution in [0, 0.1) is 0 Å². The molecule has 3 nitrogen and oxygen atoms in total. The average molecular weight is 242 g/mol. The van der Waals surface area contributed by atoms with Crippen molar-refractivity contribution < 1.29 is 4.79 Å². The van der Waals surface area contributed by atoms with E-state index in [2.05, 4.69) is 24.0 Å². The molecular weight excluding hydrogens is 224 g/mol. The minimum Gasteiger partial charge on any atom is -0.358 e. The van der Waals surface area contributed by atoms with Crippen LogP contribution in [0.1, 0.15) is 28.0 Å². The quantitative estimate of drug-likeness (QED) is 0.821. The van der Waals surface area contributed by atoms with Gasteiger partial charge in [-0.1, -0.05) is 0 Å². The van der Waals surface area contributed by atoms with Crippen LogP contribution in [-0.4, -0.2) is 36.3 Å². The average Bonchev–Trinajstić information content (AvgIpc) is 2.75. The van der Waals surface area contributed by atoms with Crippen molar-refractivity contribution in [3.63, 3.8) is 0 Å². The number of carbonyl (C=O) groups is 1. The number of carbonyl (C=O) groups excluding carboxylic acids is 1. The Bertz CT molecular complexity index is 598. The van der Waals surface area contributed by atoms with Crippen LogP contribution < -0.4 is 0 Å². The molecule has 1 aromatic carbocycles. The van der Waals surface area contributed by atoms with Crippen LogP contribution >= 0.6 is 0 Å². The number of hydrogen-bond donors (Lipinski definition) is 1. The number of aldehydes is 1. The first-order valence-electron chi connectivity index (χ1n) is 6.44. The normalized spacial score (nSPS) is 19.2. The molecule has 1 heterocycles. The van der Waals surface area contributed by atoms with Gasteiger partial charge in [0.2, 0.25) is 0 Å². The predicted molar refractivity (Wildman–Crippen MR) is 73.2 cm³/mol. The Balaban J connectivity index is 2.10. The molecule has 0 saturated carbocycles. The van der Waals surface area contributed by atoms with Crippen LogP contribution in [0.2, 0.25) is 0 Å². The first-order chi connectivity index (χ1) is 8.69. The van der Waals surface area contributed by atoms with E-state index < -0.39 is 0 Å². The van der Waals surface area contributed by atoms with Crippen LogP contribution in [0.15, 0.2) is 18.2 Å². The van der Waals surface area contributed by atoms with Crippen molar-refractivity contribution in [2.45, 2.75) is 25.3 Å². The zero-order valence-electron chi connectivity index (χ0n) is 10.9. The summed E-state index contributed by atoms with van der Waals surface area (Å²) in [4.78, 5) is 16.7. The highest BCUT2D eigenvalue weighted by molar-refractivity contribution is 5.90. The highest BCUT2D eigenvalue weighted by Gasteiger charge is 2.23. The van der Waals surface area contributed by atoms with E-state index >= 15 is 0 Å². The van der Waals surface area contributed by atoms with E-state index in [1.807, 2.05) is 18.2 Å². The Morgan fingerprint density at radius 2 is 2.22 bits per heavy atom. The lowest BCUT2D eigenvalue weighted by atomic mass is 9.90. The van der Waals surface area contributed by atoms with Gasteiger partial charge in [-0.3, -0.25) is 4.79 Å². The van der Waals surface area contributed by atoms with E-state index in [1.54, 1.807) is 0 Å². The smallest absolute Gasteiger partial charge is 0.150 e. The highest BCUT2D eigenvalue weighted by atomic mass is 16.1. The van der Waals surface area contributed by atoms with E-state index in [-0.39, 0.29) is 0 Å². The molecule has 1 aromatic heterocycles. The summed E-state index contributed by atoms with van der Waals surface area (Å²) in [7, 11) is 4.28. The van der Waals surface area contributed by atoms with Gasteiger partial charge in [0.05, 0.1) is 0 Å². The van der Waals surface area contributed by atoms with Gasteiger partial charge >= 0.3 is 0 Å². The molecule has 18 heavy (non-hydrogen) atoms. The summed E-state index contributed by atoms with van der Waals surface area (Å²) >= 11 is 0. The zero-order chi connectivity index (χ0) is 12.7. The standard InChI is InChI=1S/C15H18N2O/c1-17(2)11-4-6-15-13(8-11)12-7-10(9-18)3-5-14(12)16-15/h3,5,7,9,11,16H,4,6,8H2,1-2H3. The van der Waals surface area contributed by atoms with Crippen molar-refractivity contribution in [1.29, 1.82) is 0 Å². The Morgan fingerprint density at radius 1 is 1.39 bits per heavy atom. The molecule has 0 radical (unpaired) electrons. The summed E-state index contributed by atoms with van der Waals surface area (Å²) in [6.07, 6.45) is 4.30. The molecule has 0 amide bonds. The number of fused-ring (bicyclic) bond motifs is 3. The molecule has 0 aliphatic heterocycles. The van der Waals surface area contributed by atoms with Crippen LogP contribution in [0.4, 0.5) is 0 Å². The summed E-state index contributed by atoms with van der Waals surface area (Å²) in [5.74, 6) is 0. The molecule has 1 atom stereocenters. The molecule has 0 spiro atoms. The van der Waals surface area contributed by atoms with Gasteiger partial charge in [-0.15, -0.1) is 0 Å². The Kier molecular flexibility index (Phi) is 2.71. The number of rotatable bonds is 2. The van der Waals surface area contributed by atoms with E-state index in [4.69, 9.17) is 0 Å². The monoisotopic (exact) mass is 242 g/mol. The minimum absolute atomic E-state index is 0.608. The van der Waals surface area contributed by atoms with E-state index in [9.17, 15) is 4.79 Å². The van der Waals surface area contributed by atoms with Gasteiger partial charge in [-0.25, -0.2) is 0 Å². The lowest BCUT2D eigenvalue weighted by molar-refractivity contribution is 0.112. The SMILES string of the molecule is CN(C)C1CCc2[nH]c3ccc(C=O)cc3c2C1. The third kappa shape index (κ3) is 1.75. The summed E-state index contributed by atoms with van der Waals surface area (Å²) < 4.78 is 0. The Morgan fingerprint density at radius 3 is 2.94 bits per heavy atom. The molecule has 1 aliphatic carbocycles. The molecule has 0 bridgehead atoms. The fraction of sp³-hybridized carbons (Fsp3) is 0.400. The minimum atomic E-state index is 0.608. The summed E-state index contributed by atoms with van der Waals surface area (Å²) in [5, 5.41) is 1.22. The molecule has 3 heteroatoms. The summed E-state index contributed by atoms with van der Waals surface area (Å²) in [5.41, 5.74) is 4.67. The molecule has 94 valence electrons. The van der Waals surface area contributed by atoms with Crippen molar-refractivity contribution >= 4 is 17.2 Å². The van der Waals surface area contributed by atoms with Gasteiger partial charge in [-0.2, -0.15) is 0 Å².